The number of carbonyl (C=O) groups excluding carboxylic acids is 1. The highest BCUT2D eigenvalue weighted by Crippen LogP contribution is 2.28. The fraction of sp³-hybridized carbons (Fsp3) is 0.118. The van der Waals surface area contributed by atoms with Gasteiger partial charge in [-0.3, -0.25) is 4.79 Å². The van der Waals surface area contributed by atoms with E-state index in [1.54, 1.807) is 31.4 Å². The highest BCUT2D eigenvalue weighted by molar-refractivity contribution is 8.01. The number of nitrogens with one attached hydrogen (secondary N) is 2. The minimum atomic E-state index is -0.130. The zero-order valence-corrected chi connectivity index (χ0v) is 16.1. The first-order valence-corrected chi connectivity index (χ1v) is 9.73. The van der Waals surface area contributed by atoms with Crippen molar-refractivity contribution in [1.29, 1.82) is 0 Å². The average Bonchev–Trinajstić information content (AvgIpc) is 3.07. The number of carbonyl (C=O) groups is 1. The summed E-state index contributed by atoms with van der Waals surface area (Å²) in [5.74, 6) is 0.863. The van der Waals surface area contributed by atoms with Gasteiger partial charge in [0.2, 0.25) is 11.0 Å². The van der Waals surface area contributed by atoms with Crippen molar-refractivity contribution in [2.45, 2.75) is 4.34 Å². The second kappa shape index (κ2) is 8.88. The first-order valence-electron chi connectivity index (χ1n) is 7.55. The quantitative estimate of drug-likeness (QED) is 0.555. The van der Waals surface area contributed by atoms with E-state index in [0.29, 0.717) is 20.2 Å². The van der Waals surface area contributed by atoms with E-state index in [-0.39, 0.29) is 11.7 Å². The molecule has 0 atom stereocenters. The van der Waals surface area contributed by atoms with Crippen LogP contribution in [0, 0.1) is 0 Å². The minimum Gasteiger partial charge on any atom is -0.497 e. The van der Waals surface area contributed by atoms with Crippen LogP contribution in [-0.4, -0.2) is 29.0 Å². The number of rotatable bonds is 7. The molecule has 0 saturated carbocycles. The lowest BCUT2D eigenvalue weighted by Gasteiger charge is -2.04. The Labute approximate surface area is 163 Å². The van der Waals surface area contributed by atoms with Crippen molar-refractivity contribution < 1.29 is 9.53 Å². The van der Waals surface area contributed by atoms with Gasteiger partial charge in [-0.2, -0.15) is 0 Å². The largest absolute Gasteiger partial charge is 0.497 e. The van der Waals surface area contributed by atoms with Crippen LogP contribution in [0.2, 0.25) is 5.02 Å². The third-order valence-corrected chi connectivity index (χ3v) is 5.37. The molecule has 0 bridgehead atoms. The van der Waals surface area contributed by atoms with Gasteiger partial charge in [-0.05, 0) is 30.3 Å². The van der Waals surface area contributed by atoms with E-state index in [4.69, 9.17) is 16.3 Å². The molecule has 0 unspecified atom stereocenters. The Hall–Kier alpha value is -2.29. The predicted molar refractivity (Wildman–Crippen MR) is 107 cm³/mol. The van der Waals surface area contributed by atoms with E-state index >= 15 is 0 Å². The van der Waals surface area contributed by atoms with Gasteiger partial charge in [-0.25, -0.2) is 0 Å². The van der Waals surface area contributed by atoms with Gasteiger partial charge in [0.1, 0.15) is 5.75 Å². The molecule has 2 aromatic carbocycles. The molecule has 3 rings (SSSR count). The van der Waals surface area contributed by atoms with E-state index in [9.17, 15) is 4.79 Å². The van der Waals surface area contributed by atoms with Gasteiger partial charge in [0, 0.05) is 22.5 Å². The van der Waals surface area contributed by atoms with Crippen LogP contribution in [0.5, 0.6) is 5.75 Å². The molecule has 1 amide bonds. The number of aromatic nitrogens is 2. The van der Waals surface area contributed by atoms with Gasteiger partial charge < -0.3 is 15.4 Å². The Kier molecular flexibility index (Phi) is 6.32. The Balaban J connectivity index is 1.52. The van der Waals surface area contributed by atoms with Gasteiger partial charge in [-0.1, -0.05) is 46.8 Å². The smallest absolute Gasteiger partial charge is 0.234 e. The number of benzene rings is 2. The molecule has 6 nitrogen and oxygen atoms in total. The van der Waals surface area contributed by atoms with Crippen molar-refractivity contribution in [3.63, 3.8) is 0 Å². The normalized spacial score (nSPS) is 10.4. The summed E-state index contributed by atoms with van der Waals surface area (Å²) < 4.78 is 5.89. The van der Waals surface area contributed by atoms with Crippen LogP contribution in [0.25, 0.3) is 0 Å². The number of hydrogen-bond acceptors (Lipinski definition) is 7. The molecular formula is C17H15ClN4O2S2. The summed E-state index contributed by atoms with van der Waals surface area (Å²) in [6.45, 7) is 0. The first kappa shape index (κ1) is 18.5. The highest BCUT2D eigenvalue weighted by Gasteiger charge is 2.09. The van der Waals surface area contributed by atoms with Crippen LogP contribution >= 0.6 is 34.7 Å². The lowest BCUT2D eigenvalue weighted by atomic mass is 10.3. The maximum absolute atomic E-state index is 12.0. The number of ether oxygens (including phenoxy) is 1. The molecule has 9 heteroatoms. The predicted octanol–water partition coefficient (Wildman–Crippen LogP) is 4.67. The van der Waals surface area contributed by atoms with Gasteiger partial charge in [-0.15, -0.1) is 10.2 Å². The van der Waals surface area contributed by atoms with Crippen molar-refractivity contribution in [3.05, 3.63) is 53.6 Å². The minimum absolute atomic E-state index is 0.130. The summed E-state index contributed by atoms with van der Waals surface area (Å²) in [5.41, 5.74) is 1.52. The summed E-state index contributed by atoms with van der Waals surface area (Å²) in [6.07, 6.45) is 0. The summed E-state index contributed by atoms with van der Waals surface area (Å²) in [7, 11) is 1.62. The van der Waals surface area contributed by atoms with E-state index in [1.807, 2.05) is 24.3 Å². The number of halogens is 1. The maximum atomic E-state index is 12.0. The Morgan fingerprint density at radius 2 is 2.00 bits per heavy atom. The number of nitrogens with zero attached hydrogens (tertiary/aromatic N) is 2. The molecule has 0 saturated heterocycles. The molecule has 1 heterocycles. The third-order valence-electron chi connectivity index (χ3n) is 3.16. The zero-order chi connectivity index (χ0) is 18.4. The SMILES string of the molecule is COc1cccc(Nc2nnc(SCC(=O)Nc3cccc(Cl)c3)s2)c1. The van der Waals surface area contributed by atoms with Crippen molar-refractivity contribution in [2.24, 2.45) is 0 Å². The molecule has 0 aliphatic heterocycles. The summed E-state index contributed by atoms with van der Waals surface area (Å²) in [4.78, 5) is 12.0. The topological polar surface area (TPSA) is 76.1 Å². The first-order chi connectivity index (χ1) is 12.6. The van der Waals surface area contributed by atoms with Crippen LogP contribution < -0.4 is 15.4 Å². The standard InChI is InChI=1S/C17H15ClN4O2S2/c1-24-14-7-3-6-13(9-14)20-16-21-22-17(26-16)25-10-15(23)19-12-5-2-4-11(18)8-12/h2-9H,10H2,1H3,(H,19,23)(H,20,21). The monoisotopic (exact) mass is 406 g/mol. The molecule has 0 aliphatic carbocycles. The van der Waals surface area contributed by atoms with Gasteiger partial charge >= 0.3 is 0 Å². The van der Waals surface area contributed by atoms with E-state index in [0.717, 1.165) is 11.4 Å². The fourth-order valence-corrected chi connectivity index (χ4v) is 3.80. The number of methoxy groups -OCH3 is 1. The maximum Gasteiger partial charge on any atom is 0.234 e. The van der Waals surface area contributed by atoms with E-state index in [2.05, 4.69) is 20.8 Å². The number of hydrogen-bond donors (Lipinski definition) is 2. The van der Waals surface area contributed by atoms with Crippen molar-refractivity contribution in [3.8, 4) is 5.75 Å². The molecule has 3 aromatic rings. The molecule has 0 radical (unpaired) electrons. The highest BCUT2D eigenvalue weighted by atomic mass is 35.5. The van der Waals surface area contributed by atoms with Gasteiger partial charge in [0.05, 0.1) is 12.9 Å². The molecule has 0 spiro atoms. The fourth-order valence-electron chi connectivity index (χ4n) is 2.03. The van der Waals surface area contributed by atoms with Crippen molar-refractivity contribution in [1.82, 2.24) is 10.2 Å². The number of thioether (sulfide) groups is 1. The van der Waals surface area contributed by atoms with E-state index < -0.39 is 0 Å². The average molecular weight is 407 g/mol. The van der Waals surface area contributed by atoms with Gasteiger partial charge in [0.15, 0.2) is 4.34 Å². The Bertz CT molecular complexity index is 904. The molecule has 2 N–H and O–H groups in total. The molecule has 0 aliphatic rings. The van der Waals surface area contributed by atoms with Crippen LogP contribution in [-0.2, 0) is 4.79 Å². The van der Waals surface area contributed by atoms with Crippen LogP contribution in [0.1, 0.15) is 0 Å². The lowest BCUT2D eigenvalue weighted by molar-refractivity contribution is -0.113. The molecule has 134 valence electrons. The molecule has 1 aromatic heterocycles. The summed E-state index contributed by atoms with van der Waals surface area (Å²) >= 11 is 8.61. The Morgan fingerprint density at radius 1 is 1.19 bits per heavy atom. The molecular weight excluding hydrogens is 392 g/mol. The summed E-state index contributed by atoms with van der Waals surface area (Å²) in [6, 6.07) is 14.6. The van der Waals surface area contributed by atoms with Crippen LogP contribution in [0.3, 0.4) is 0 Å². The van der Waals surface area contributed by atoms with Gasteiger partial charge in [0.25, 0.3) is 0 Å². The van der Waals surface area contributed by atoms with Crippen molar-refractivity contribution >= 4 is 57.1 Å². The Morgan fingerprint density at radius 3 is 2.81 bits per heavy atom. The van der Waals surface area contributed by atoms with Crippen LogP contribution in [0.4, 0.5) is 16.5 Å². The molecule has 0 fully saturated rings. The van der Waals surface area contributed by atoms with E-state index in [1.165, 1.54) is 23.1 Å². The van der Waals surface area contributed by atoms with Crippen molar-refractivity contribution in [2.75, 3.05) is 23.5 Å². The second-order valence-corrected chi connectivity index (χ2v) is 7.71. The van der Waals surface area contributed by atoms with Crippen LogP contribution in [0.15, 0.2) is 52.9 Å². The zero-order valence-electron chi connectivity index (χ0n) is 13.7. The third kappa shape index (κ3) is 5.35. The number of anilines is 3. The second-order valence-electron chi connectivity index (χ2n) is 5.08. The number of amides is 1. The lowest BCUT2D eigenvalue weighted by Crippen LogP contribution is -2.13. The summed E-state index contributed by atoms with van der Waals surface area (Å²) in [5, 5.41) is 15.4. The molecule has 26 heavy (non-hydrogen) atoms.